The number of rotatable bonds is 5. The number of aromatic nitrogens is 3. The summed E-state index contributed by atoms with van der Waals surface area (Å²) >= 11 is 0. The molecular formula is C16H16F6N5O5P. The first-order valence-electron chi connectivity index (χ1n) is 10.5. The molecule has 0 fully saturated rings. The van der Waals surface area contributed by atoms with Crippen LogP contribution >= 0.6 is 7.91 Å². The molecule has 1 aliphatic rings. The number of benzene rings is 1. The number of carbonyl (C=O) groups excluding carboxylic acids is 1. The van der Waals surface area contributed by atoms with Crippen molar-refractivity contribution in [2.45, 2.75) is 38.1 Å². The van der Waals surface area contributed by atoms with Crippen LogP contribution in [0.4, 0.5) is 26.3 Å². The second-order valence-corrected chi connectivity index (χ2v) is 6.92. The predicted molar refractivity (Wildman–Crippen MR) is 95.1 cm³/mol. The molecule has 2 aromatic rings. The SMILES string of the molecule is O=P(=O)OO.[2H]C1([2H])N(C(=O)C[C@@H](N)Cc2cc(F)c(F)cc2F)Cc2nnc(C(F)(F)F)n2C1([2H])[2H]. The summed E-state index contributed by atoms with van der Waals surface area (Å²) in [5.74, 6) is -7.42. The van der Waals surface area contributed by atoms with Crippen LogP contribution in [0, 0.1) is 17.5 Å². The standard InChI is InChI=1S/C16H15F6N5O.HO4P/c17-10-6-12(19)11(18)4-8(10)3-9(23)5-14(28)26-1-2-27-13(7-26)24-25-15(27)16(20,21)22;1-4-5(2)3/h4,6,9H,1-3,5,7,23H2;1H/t9-;/m0./s1/i1D2,2D2;. The Hall–Kier alpha value is -2.81. The quantitative estimate of drug-likeness (QED) is 0.207. The van der Waals surface area contributed by atoms with E-state index < -0.39 is 87.5 Å². The highest BCUT2D eigenvalue weighted by Gasteiger charge is 2.40. The minimum Gasteiger partial charge on any atom is -0.333 e. The number of alkyl halides is 3. The van der Waals surface area contributed by atoms with E-state index in [4.69, 9.17) is 25.6 Å². The predicted octanol–water partition coefficient (Wildman–Crippen LogP) is 2.58. The Balaban J connectivity index is 0.000000877. The Bertz CT molecular complexity index is 1240. The number of hydrogen-bond donors (Lipinski definition) is 2. The maximum Gasteiger partial charge on any atom is 0.496 e. The van der Waals surface area contributed by atoms with Crippen LogP contribution in [0.25, 0.3) is 0 Å². The van der Waals surface area contributed by atoms with Gasteiger partial charge in [0.1, 0.15) is 5.82 Å². The van der Waals surface area contributed by atoms with Gasteiger partial charge in [0.05, 0.1) is 12.0 Å². The minimum absolute atomic E-state index is 0.0482. The summed E-state index contributed by atoms with van der Waals surface area (Å²) in [5, 5.41) is 13.2. The Kier molecular flexibility index (Phi) is 6.84. The first-order chi connectivity index (χ1) is 16.8. The molecule has 1 aromatic carbocycles. The van der Waals surface area contributed by atoms with Crippen LogP contribution in [0.2, 0.25) is 0 Å². The first-order valence-corrected chi connectivity index (χ1v) is 9.61. The Morgan fingerprint density at radius 2 is 1.82 bits per heavy atom. The van der Waals surface area contributed by atoms with E-state index in [0.29, 0.717) is 17.0 Å². The second kappa shape index (κ2) is 10.9. The van der Waals surface area contributed by atoms with Crippen LogP contribution in [0.1, 0.15) is 29.1 Å². The average Bonchev–Trinajstić information content (AvgIpc) is 3.20. The fraction of sp³-hybridized carbons (Fsp3) is 0.438. The molecule has 17 heteroatoms. The van der Waals surface area contributed by atoms with E-state index in [1.807, 2.05) is 0 Å². The number of amides is 1. The molecule has 1 atom stereocenters. The van der Waals surface area contributed by atoms with Crippen molar-refractivity contribution in [3.8, 4) is 0 Å². The normalized spacial score (nSPS) is 19.1. The van der Waals surface area contributed by atoms with Crippen LogP contribution in [0.15, 0.2) is 12.1 Å². The van der Waals surface area contributed by atoms with Crippen molar-refractivity contribution < 1.29 is 55.7 Å². The molecule has 0 spiro atoms. The molecule has 182 valence electrons. The largest absolute Gasteiger partial charge is 0.496 e. The number of carbonyl (C=O) groups is 1. The molecule has 10 nitrogen and oxygen atoms in total. The van der Waals surface area contributed by atoms with Gasteiger partial charge in [0.15, 0.2) is 17.5 Å². The van der Waals surface area contributed by atoms with Crippen molar-refractivity contribution in [1.82, 2.24) is 19.7 Å². The third kappa shape index (κ3) is 7.08. The zero-order chi connectivity index (χ0) is 28.5. The molecule has 0 saturated heterocycles. The highest BCUT2D eigenvalue weighted by atomic mass is 31.1. The highest BCUT2D eigenvalue weighted by molar-refractivity contribution is 7.24. The number of nitrogens with zero attached hydrogens (tertiary/aromatic N) is 4. The molecule has 1 aromatic heterocycles. The summed E-state index contributed by atoms with van der Waals surface area (Å²) in [7, 11) is -3.04. The van der Waals surface area contributed by atoms with Crippen molar-refractivity contribution in [2.24, 2.45) is 5.73 Å². The van der Waals surface area contributed by atoms with Gasteiger partial charge in [-0.05, 0) is 18.1 Å². The van der Waals surface area contributed by atoms with Crippen molar-refractivity contribution in [2.75, 3.05) is 6.50 Å². The maximum atomic E-state index is 13.8. The van der Waals surface area contributed by atoms with Crippen molar-refractivity contribution >= 4 is 13.8 Å². The number of nitrogens with two attached hydrogens (primary N) is 1. The molecule has 0 radical (unpaired) electrons. The van der Waals surface area contributed by atoms with Crippen LogP contribution in [-0.2, 0) is 44.2 Å². The summed E-state index contributed by atoms with van der Waals surface area (Å²) in [6.45, 7) is -7.52. The van der Waals surface area contributed by atoms with Gasteiger partial charge in [0.2, 0.25) is 11.7 Å². The zero-order valence-electron chi connectivity index (χ0n) is 20.0. The number of halogens is 6. The summed E-state index contributed by atoms with van der Waals surface area (Å²) in [6, 6.07) is -0.383. The van der Waals surface area contributed by atoms with Gasteiger partial charge in [-0.25, -0.2) is 27.6 Å². The van der Waals surface area contributed by atoms with E-state index in [2.05, 4.69) is 14.9 Å². The van der Waals surface area contributed by atoms with E-state index in [1.54, 1.807) is 0 Å². The summed E-state index contributed by atoms with van der Waals surface area (Å²) in [6.07, 6.45) is -6.28. The minimum atomic E-state index is -5.13. The zero-order valence-corrected chi connectivity index (χ0v) is 16.9. The molecule has 0 unspecified atom stereocenters. The lowest BCUT2D eigenvalue weighted by molar-refractivity contribution is -0.148. The smallest absolute Gasteiger partial charge is 0.333 e. The molecule has 0 aliphatic carbocycles. The lowest BCUT2D eigenvalue weighted by Gasteiger charge is -2.29. The topological polar surface area (TPSA) is 141 Å². The van der Waals surface area contributed by atoms with Crippen LogP contribution in [0.3, 0.4) is 0 Å². The third-order valence-electron chi connectivity index (χ3n) is 3.96. The lowest BCUT2D eigenvalue weighted by atomic mass is 10.0. The summed E-state index contributed by atoms with van der Waals surface area (Å²) in [4.78, 5) is 13.0. The molecule has 2 heterocycles. The maximum absolute atomic E-state index is 13.8. The van der Waals surface area contributed by atoms with Gasteiger partial charge in [-0.1, -0.05) is 0 Å². The fourth-order valence-electron chi connectivity index (χ4n) is 2.57. The average molecular weight is 507 g/mol. The Morgan fingerprint density at radius 1 is 1.21 bits per heavy atom. The van der Waals surface area contributed by atoms with Crippen LogP contribution in [-0.4, -0.2) is 43.4 Å². The van der Waals surface area contributed by atoms with E-state index in [-0.39, 0.29) is 10.1 Å². The van der Waals surface area contributed by atoms with Crippen LogP contribution < -0.4 is 5.73 Å². The molecule has 0 saturated carbocycles. The van der Waals surface area contributed by atoms with E-state index in [9.17, 15) is 31.1 Å². The van der Waals surface area contributed by atoms with Crippen molar-refractivity contribution in [3.63, 3.8) is 0 Å². The molecule has 1 amide bonds. The Morgan fingerprint density at radius 3 is 2.39 bits per heavy atom. The van der Waals surface area contributed by atoms with Gasteiger partial charge in [-0.2, -0.15) is 13.2 Å². The fourth-order valence-corrected chi connectivity index (χ4v) is 2.57. The van der Waals surface area contributed by atoms with Gasteiger partial charge in [-0.3, -0.25) is 4.79 Å². The van der Waals surface area contributed by atoms with Crippen molar-refractivity contribution in [3.05, 3.63) is 46.8 Å². The van der Waals surface area contributed by atoms with Gasteiger partial charge < -0.3 is 15.2 Å². The number of fused-ring (bicyclic) bond motifs is 1. The summed E-state index contributed by atoms with van der Waals surface area (Å²) in [5.41, 5.74) is 5.40. The Labute approximate surface area is 187 Å². The monoisotopic (exact) mass is 507 g/mol. The molecule has 0 bridgehead atoms. The molecule has 3 N–H and O–H groups in total. The summed E-state index contributed by atoms with van der Waals surface area (Å²) < 4.78 is 132. The van der Waals surface area contributed by atoms with Crippen molar-refractivity contribution in [1.29, 1.82) is 0 Å². The van der Waals surface area contributed by atoms with Gasteiger partial charge in [0, 0.05) is 31.5 Å². The first kappa shape index (κ1) is 20.8. The molecule has 1 aliphatic heterocycles. The lowest BCUT2D eigenvalue weighted by Crippen LogP contribution is -2.42. The third-order valence-corrected chi connectivity index (χ3v) is 4.09. The molecule has 3 rings (SSSR count). The van der Waals surface area contributed by atoms with Gasteiger partial charge in [-0.15, -0.1) is 14.9 Å². The number of hydrogen-bond acceptors (Lipinski definition) is 8. The van der Waals surface area contributed by atoms with E-state index >= 15 is 0 Å². The van der Waals surface area contributed by atoms with E-state index in [1.165, 1.54) is 0 Å². The highest BCUT2D eigenvalue weighted by Crippen LogP contribution is 2.29. The van der Waals surface area contributed by atoms with Crippen LogP contribution in [0.5, 0.6) is 0 Å². The second-order valence-electron chi connectivity index (χ2n) is 6.31. The molecule has 33 heavy (non-hydrogen) atoms. The van der Waals surface area contributed by atoms with Gasteiger partial charge >= 0.3 is 14.1 Å². The van der Waals surface area contributed by atoms with E-state index in [0.717, 1.165) is 0 Å². The van der Waals surface area contributed by atoms with Gasteiger partial charge in [0.25, 0.3) is 0 Å². The molecular weight excluding hydrogens is 487 g/mol.